The average molecular weight is 332 g/mol. The molecule has 0 bridgehead atoms. The Kier molecular flexibility index (Phi) is 4.94. The van der Waals surface area contributed by atoms with Crippen LogP contribution in [0.25, 0.3) is 10.8 Å². The summed E-state index contributed by atoms with van der Waals surface area (Å²) in [5.41, 5.74) is 1.13. The summed E-state index contributed by atoms with van der Waals surface area (Å²) in [6.45, 7) is 3.66. The van der Waals surface area contributed by atoms with Crippen LogP contribution in [-0.2, 0) is 0 Å². The van der Waals surface area contributed by atoms with E-state index < -0.39 is 0 Å². The minimum atomic E-state index is -0.00220. The summed E-state index contributed by atoms with van der Waals surface area (Å²) in [5, 5.41) is 1.56. The third kappa shape index (κ3) is 3.31. The van der Waals surface area contributed by atoms with Crippen molar-refractivity contribution in [2.45, 2.75) is 26.7 Å². The predicted molar refractivity (Wildman–Crippen MR) is 99.7 cm³/mol. The molecular formula is C22H20O3. The van der Waals surface area contributed by atoms with E-state index in [1.165, 1.54) is 0 Å². The lowest BCUT2D eigenvalue weighted by molar-refractivity contribution is 0.0977. The Morgan fingerprint density at radius 3 is 2.04 bits per heavy atom. The Balaban J connectivity index is 2.29. The van der Waals surface area contributed by atoms with Gasteiger partial charge >= 0.3 is 0 Å². The van der Waals surface area contributed by atoms with Crippen LogP contribution in [0, 0.1) is 0 Å². The number of hydrogen-bond acceptors (Lipinski definition) is 3. The Morgan fingerprint density at radius 2 is 1.40 bits per heavy atom. The van der Waals surface area contributed by atoms with Gasteiger partial charge in [0.15, 0.2) is 11.6 Å². The van der Waals surface area contributed by atoms with E-state index in [4.69, 9.17) is 4.74 Å². The van der Waals surface area contributed by atoms with Crippen LogP contribution in [0.5, 0.6) is 11.5 Å². The number of benzene rings is 3. The number of ether oxygens (including phenoxy) is 1. The van der Waals surface area contributed by atoms with Crippen LogP contribution in [0.1, 0.15) is 47.4 Å². The number of hydrogen-bond donors (Lipinski definition) is 0. The lowest BCUT2D eigenvalue weighted by atomic mass is 9.93. The molecular weight excluding hydrogens is 312 g/mol. The maximum absolute atomic E-state index is 12.6. The molecule has 0 N–H and O–H groups in total. The van der Waals surface area contributed by atoms with Gasteiger partial charge in [0.1, 0.15) is 11.5 Å². The summed E-state index contributed by atoms with van der Waals surface area (Å²) < 4.78 is 6.00. The molecule has 0 amide bonds. The highest BCUT2D eigenvalue weighted by atomic mass is 16.5. The van der Waals surface area contributed by atoms with Crippen LogP contribution < -0.4 is 4.74 Å². The molecule has 25 heavy (non-hydrogen) atoms. The number of carbonyl (C=O) groups is 2. The van der Waals surface area contributed by atoms with Crippen molar-refractivity contribution >= 4 is 22.3 Å². The van der Waals surface area contributed by atoms with Crippen LogP contribution >= 0.6 is 0 Å². The molecule has 0 radical (unpaired) electrons. The monoisotopic (exact) mass is 332 g/mol. The summed E-state index contributed by atoms with van der Waals surface area (Å²) >= 11 is 0. The molecule has 3 heteroatoms. The number of Topliss-reactive ketones (excluding diaryl/α,β-unsaturated/α-hetero) is 2. The first-order chi connectivity index (χ1) is 12.2. The molecule has 0 atom stereocenters. The Morgan fingerprint density at radius 1 is 0.800 bits per heavy atom. The standard InChI is InChI=1S/C22H20O3/c1-3-19(23)18-14-21(25-15-10-6-5-7-11-15)22(20(24)4-2)17-13-9-8-12-16(17)18/h5-14H,3-4H2,1-2H3. The highest BCUT2D eigenvalue weighted by Gasteiger charge is 2.20. The fourth-order valence-electron chi connectivity index (χ4n) is 2.93. The fraction of sp³-hybridized carbons (Fsp3) is 0.182. The number of para-hydroxylation sites is 1. The minimum Gasteiger partial charge on any atom is -0.457 e. The molecule has 3 aromatic rings. The van der Waals surface area contributed by atoms with Crippen molar-refractivity contribution in [1.82, 2.24) is 0 Å². The topological polar surface area (TPSA) is 43.4 Å². The smallest absolute Gasteiger partial charge is 0.166 e. The molecule has 0 aliphatic rings. The van der Waals surface area contributed by atoms with Gasteiger partial charge in [-0.3, -0.25) is 9.59 Å². The van der Waals surface area contributed by atoms with Crippen molar-refractivity contribution in [2.24, 2.45) is 0 Å². The molecule has 0 saturated carbocycles. The van der Waals surface area contributed by atoms with E-state index in [9.17, 15) is 9.59 Å². The first-order valence-corrected chi connectivity index (χ1v) is 8.50. The van der Waals surface area contributed by atoms with Gasteiger partial charge < -0.3 is 4.74 Å². The number of carbonyl (C=O) groups excluding carboxylic acids is 2. The van der Waals surface area contributed by atoms with Crippen molar-refractivity contribution in [3.8, 4) is 11.5 Å². The predicted octanol–water partition coefficient (Wildman–Crippen LogP) is 5.82. The van der Waals surface area contributed by atoms with Gasteiger partial charge in [0.25, 0.3) is 0 Å². The van der Waals surface area contributed by atoms with Crippen LogP contribution in [0.4, 0.5) is 0 Å². The summed E-state index contributed by atoms with van der Waals surface area (Å²) in [6, 6.07) is 18.5. The third-order valence-corrected chi connectivity index (χ3v) is 4.20. The zero-order valence-electron chi connectivity index (χ0n) is 14.4. The molecule has 126 valence electrons. The van der Waals surface area contributed by atoms with E-state index >= 15 is 0 Å². The SMILES string of the molecule is CCC(=O)c1cc(Oc2ccccc2)c(C(=O)CC)c2ccccc12. The van der Waals surface area contributed by atoms with E-state index in [1.54, 1.807) is 6.07 Å². The summed E-state index contributed by atoms with van der Waals surface area (Å²) in [4.78, 5) is 25.1. The zero-order chi connectivity index (χ0) is 17.8. The van der Waals surface area contributed by atoms with Gasteiger partial charge in [-0.2, -0.15) is 0 Å². The minimum absolute atomic E-state index is 0.00220. The third-order valence-electron chi connectivity index (χ3n) is 4.20. The van der Waals surface area contributed by atoms with Crippen molar-refractivity contribution in [3.05, 3.63) is 71.8 Å². The number of ketones is 2. The molecule has 3 aromatic carbocycles. The first-order valence-electron chi connectivity index (χ1n) is 8.50. The molecule has 0 saturated heterocycles. The van der Waals surface area contributed by atoms with Crippen molar-refractivity contribution < 1.29 is 14.3 Å². The lowest BCUT2D eigenvalue weighted by Gasteiger charge is -2.16. The summed E-state index contributed by atoms with van der Waals surface area (Å²) in [7, 11) is 0. The average Bonchev–Trinajstić information content (AvgIpc) is 2.67. The second-order valence-electron chi connectivity index (χ2n) is 5.81. The van der Waals surface area contributed by atoms with Crippen molar-refractivity contribution in [3.63, 3.8) is 0 Å². The number of rotatable bonds is 6. The van der Waals surface area contributed by atoms with E-state index in [0.29, 0.717) is 35.5 Å². The van der Waals surface area contributed by atoms with Gasteiger partial charge in [-0.25, -0.2) is 0 Å². The Hall–Kier alpha value is -2.94. The highest BCUT2D eigenvalue weighted by Crippen LogP contribution is 2.35. The molecule has 0 spiro atoms. The number of fused-ring (bicyclic) bond motifs is 1. The van der Waals surface area contributed by atoms with Crippen LogP contribution in [0.3, 0.4) is 0 Å². The van der Waals surface area contributed by atoms with Gasteiger partial charge in [0.2, 0.25) is 0 Å². The van der Waals surface area contributed by atoms with Crippen LogP contribution in [0.15, 0.2) is 60.7 Å². The molecule has 0 aliphatic heterocycles. The van der Waals surface area contributed by atoms with Gasteiger partial charge in [-0.05, 0) is 29.0 Å². The van der Waals surface area contributed by atoms with Gasteiger partial charge in [-0.15, -0.1) is 0 Å². The molecule has 0 aliphatic carbocycles. The highest BCUT2D eigenvalue weighted by molar-refractivity contribution is 6.16. The maximum atomic E-state index is 12.6. The van der Waals surface area contributed by atoms with Crippen LogP contribution in [-0.4, -0.2) is 11.6 Å². The second kappa shape index (κ2) is 7.31. The summed E-state index contributed by atoms with van der Waals surface area (Å²) in [5.74, 6) is 1.11. The zero-order valence-corrected chi connectivity index (χ0v) is 14.4. The first kappa shape index (κ1) is 16.9. The van der Waals surface area contributed by atoms with Gasteiger partial charge in [-0.1, -0.05) is 56.3 Å². The van der Waals surface area contributed by atoms with E-state index in [1.807, 2.05) is 68.4 Å². The van der Waals surface area contributed by atoms with Crippen LogP contribution in [0.2, 0.25) is 0 Å². The largest absolute Gasteiger partial charge is 0.457 e. The van der Waals surface area contributed by atoms with E-state index in [-0.39, 0.29) is 11.6 Å². The molecule has 0 fully saturated rings. The molecule has 0 heterocycles. The van der Waals surface area contributed by atoms with E-state index in [2.05, 4.69) is 0 Å². The Bertz CT molecular complexity index is 927. The van der Waals surface area contributed by atoms with Gasteiger partial charge in [0, 0.05) is 18.4 Å². The Labute approximate surface area is 147 Å². The lowest BCUT2D eigenvalue weighted by Crippen LogP contribution is -2.06. The second-order valence-corrected chi connectivity index (χ2v) is 5.81. The van der Waals surface area contributed by atoms with Crippen molar-refractivity contribution in [1.29, 1.82) is 0 Å². The summed E-state index contributed by atoms with van der Waals surface area (Å²) in [6.07, 6.45) is 0.770. The maximum Gasteiger partial charge on any atom is 0.166 e. The molecule has 0 aromatic heterocycles. The van der Waals surface area contributed by atoms with Crippen molar-refractivity contribution in [2.75, 3.05) is 0 Å². The fourth-order valence-corrected chi connectivity index (χ4v) is 2.93. The normalized spacial score (nSPS) is 10.6. The van der Waals surface area contributed by atoms with E-state index in [0.717, 1.165) is 10.8 Å². The quantitative estimate of drug-likeness (QED) is 0.534. The molecule has 3 nitrogen and oxygen atoms in total. The molecule has 0 unspecified atom stereocenters. The molecule has 3 rings (SSSR count). The van der Waals surface area contributed by atoms with Gasteiger partial charge in [0.05, 0.1) is 5.56 Å².